The van der Waals surface area contributed by atoms with Crippen LogP contribution in [-0.2, 0) is 0 Å². The van der Waals surface area contributed by atoms with Gasteiger partial charge in [0.1, 0.15) is 0 Å². The monoisotopic (exact) mass is 156 g/mol. The molecule has 0 aliphatic carbocycles. The van der Waals surface area contributed by atoms with Crippen molar-refractivity contribution in [3.8, 4) is 0 Å². The molecular formula is C9H20N2. The fourth-order valence-electron chi connectivity index (χ4n) is 0.287. The first kappa shape index (κ1) is 13.0. The average molecular weight is 156 g/mol. The van der Waals surface area contributed by atoms with E-state index in [1.54, 1.807) is 0 Å². The van der Waals surface area contributed by atoms with Crippen LogP contribution in [-0.4, -0.2) is 39.1 Å². The average Bonchev–Trinajstić information content (AvgIpc) is 1.88. The molecule has 0 bridgehead atoms. The van der Waals surface area contributed by atoms with E-state index < -0.39 is 0 Å². The maximum absolute atomic E-state index is 3.54. The van der Waals surface area contributed by atoms with Crippen molar-refractivity contribution in [3.05, 3.63) is 25.3 Å². The van der Waals surface area contributed by atoms with Crippen LogP contribution in [0.15, 0.2) is 25.3 Å². The van der Waals surface area contributed by atoms with Gasteiger partial charge in [-0.3, -0.25) is 0 Å². The smallest absolute Gasteiger partial charge is 0.0135 e. The summed E-state index contributed by atoms with van der Waals surface area (Å²) in [6, 6.07) is 0. The van der Waals surface area contributed by atoms with E-state index >= 15 is 0 Å². The summed E-state index contributed by atoms with van der Waals surface area (Å²) in [6.45, 7) is 8.81. The van der Waals surface area contributed by atoms with Gasteiger partial charge in [-0.1, -0.05) is 12.2 Å². The van der Waals surface area contributed by atoms with Crippen LogP contribution in [0.3, 0.4) is 0 Å². The van der Waals surface area contributed by atoms with Gasteiger partial charge >= 0.3 is 0 Å². The van der Waals surface area contributed by atoms with Crippen molar-refractivity contribution < 1.29 is 0 Å². The van der Waals surface area contributed by atoms with Crippen LogP contribution >= 0.6 is 0 Å². The molecule has 0 aromatic heterocycles. The van der Waals surface area contributed by atoms with Gasteiger partial charge in [0.25, 0.3) is 0 Å². The predicted molar refractivity (Wildman–Crippen MR) is 52.9 cm³/mol. The quantitative estimate of drug-likeness (QED) is 0.485. The molecule has 0 amide bonds. The lowest BCUT2D eigenvalue weighted by atomic mass is 10.5. The van der Waals surface area contributed by atoms with Gasteiger partial charge in [-0.25, -0.2) is 0 Å². The normalized spacial score (nSPS) is 8.36. The lowest BCUT2D eigenvalue weighted by molar-refractivity contribution is 0.505. The molecule has 0 aromatic rings. The fourth-order valence-corrected chi connectivity index (χ4v) is 0.287. The zero-order chi connectivity index (χ0) is 9.11. The summed E-state index contributed by atoms with van der Waals surface area (Å²) in [5, 5.41) is 3.05. The lowest BCUT2D eigenvalue weighted by Gasteiger charge is -1.90. The fraction of sp³-hybridized carbons (Fsp3) is 0.556. The molecule has 0 rings (SSSR count). The Kier molecular flexibility index (Phi) is 14.3. The van der Waals surface area contributed by atoms with Crippen LogP contribution in [0.5, 0.6) is 0 Å². The van der Waals surface area contributed by atoms with E-state index in [1.807, 2.05) is 38.2 Å². The van der Waals surface area contributed by atoms with Crippen molar-refractivity contribution in [3.63, 3.8) is 0 Å². The molecule has 1 N–H and O–H groups in total. The maximum atomic E-state index is 3.54. The molecule has 0 saturated heterocycles. The van der Waals surface area contributed by atoms with Gasteiger partial charge in [-0.2, -0.15) is 0 Å². The van der Waals surface area contributed by atoms with Crippen molar-refractivity contribution in [1.82, 2.24) is 10.2 Å². The van der Waals surface area contributed by atoms with E-state index in [4.69, 9.17) is 0 Å². The Balaban J connectivity index is 0. The molecular weight excluding hydrogens is 136 g/mol. The molecule has 0 aromatic carbocycles. The topological polar surface area (TPSA) is 15.3 Å². The third-order valence-electron chi connectivity index (χ3n) is 0.577. The third-order valence-corrected chi connectivity index (χ3v) is 0.577. The molecule has 0 radical (unpaired) electrons. The Morgan fingerprint density at radius 2 is 1.36 bits per heavy atom. The summed E-state index contributed by atoms with van der Waals surface area (Å²) >= 11 is 0. The second kappa shape index (κ2) is 12.1. The summed E-state index contributed by atoms with van der Waals surface area (Å²) in [5.74, 6) is 0. The van der Waals surface area contributed by atoms with Gasteiger partial charge in [0.2, 0.25) is 0 Å². The highest BCUT2D eigenvalue weighted by Crippen LogP contribution is 1.59. The first-order valence-corrected chi connectivity index (χ1v) is 3.68. The Morgan fingerprint density at radius 1 is 1.09 bits per heavy atom. The van der Waals surface area contributed by atoms with E-state index in [1.165, 1.54) is 0 Å². The van der Waals surface area contributed by atoms with E-state index in [0.717, 1.165) is 13.1 Å². The highest BCUT2D eigenvalue weighted by atomic mass is 15.0. The minimum atomic E-state index is 0.867. The van der Waals surface area contributed by atoms with Gasteiger partial charge in [0, 0.05) is 13.1 Å². The maximum Gasteiger partial charge on any atom is 0.0135 e. The molecule has 0 aliphatic heterocycles. The van der Waals surface area contributed by atoms with Gasteiger partial charge in [-0.05, 0) is 21.1 Å². The highest BCUT2D eigenvalue weighted by molar-refractivity contribution is 4.75. The van der Waals surface area contributed by atoms with Gasteiger partial charge in [-0.15, -0.1) is 13.2 Å². The molecule has 0 aliphatic rings. The number of nitrogens with one attached hydrogen (secondary N) is 1. The molecule has 0 unspecified atom stereocenters. The molecule has 0 saturated carbocycles. The van der Waals surface area contributed by atoms with Crippen molar-refractivity contribution in [2.75, 3.05) is 34.2 Å². The molecule has 66 valence electrons. The third kappa shape index (κ3) is 44.5. The summed E-state index contributed by atoms with van der Waals surface area (Å²) < 4.78 is 0. The first-order valence-electron chi connectivity index (χ1n) is 3.68. The molecule has 2 nitrogen and oxygen atoms in total. The molecule has 0 atom stereocenters. The van der Waals surface area contributed by atoms with E-state index in [2.05, 4.69) is 18.5 Å². The van der Waals surface area contributed by atoms with Crippen LogP contribution in [0.2, 0.25) is 0 Å². The van der Waals surface area contributed by atoms with Gasteiger partial charge in [0.15, 0.2) is 0 Å². The van der Waals surface area contributed by atoms with Gasteiger partial charge in [0.05, 0.1) is 0 Å². The number of rotatable bonds is 4. The van der Waals surface area contributed by atoms with Crippen molar-refractivity contribution >= 4 is 0 Å². The zero-order valence-electron chi connectivity index (χ0n) is 7.93. The minimum absolute atomic E-state index is 0.867. The Hall–Kier alpha value is -0.600. The number of hydrogen-bond donors (Lipinski definition) is 1. The largest absolute Gasteiger partial charge is 0.312 e. The second-order valence-electron chi connectivity index (χ2n) is 2.58. The van der Waals surface area contributed by atoms with Crippen molar-refractivity contribution in [1.29, 1.82) is 0 Å². The zero-order valence-corrected chi connectivity index (χ0v) is 7.93. The van der Waals surface area contributed by atoms with E-state index in [0.29, 0.717) is 0 Å². The lowest BCUT2D eigenvalue weighted by Crippen LogP contribution is -2.11. The molecule has 0 fully saturated rings. The minimum Gasteiger partial charge on any atom is -0.312 e. The van der Waals surface area contributed by atoms with Crippen molar-refractivity contribution in [2.45, 2.75) is 0 Å². The standard InChI is InChI=1S/C6H11N.C3H9N/c1-3-5-7-6-4-2;1-4(2)3/h3-4,7H,1-2,5-6H2;1-3H3. The number of nitrogens with zero attached hydrogens (tertiary/aromatic N) is 1. The Bertz CT molecular complexity index is 76.8. The SMILES string of the molecule is C=CCNCC=C.CN(C)C. The Labute approximate surface area is 70.6 Å². The predicted octanol–water partition coefficient (Wildman–Crippen LogP) is 1.13. The summed E-state index contributed by atoms with van der Waals surface area (Å²) in [5.41, 5.74) is 0. The second-order valence-corrected chi connectivity index (χ2v) is 2.58. The molecule has 0 spiro atoms. The molecule has 2 heteroatoms. The molecule has 11 heavy (non-hydrogen) atoms. The van der Waals surface area contributed by atoms with Crippen LogP contribution in [0.25, 0.3) is 0 Å². The van der Waals surface area contributed by atoms with Gasteiger partial charge < -0.3 is 10.2 Å². The summed E-state index contributed by atoms with van der Waals surface area (Å²) in [7, 11) is 6.00. The van der Waals surface area contributed by atoms with E-state index in [9.17, 15) is 0 Å². The Morgan fingerprint density at radius 3 is 1.55 bits per heavy atom. The van der Waals surface area contributed by atoms with Crippen LogP contribution in [0, 0.1) is 0 Å². The summed E-state index contributed by atoms with van der Waals surface area (Å²) in [6.07, 6.45) is 3.65. The number of hydrogen-bond acceptors (Lipinski definition) is 2. The molecule has 0 heterocycles. The highest BCUT2D eigenvalue weighted by Gasteiger charge is 1.69. The van der Waals surface area contributed by atoms with Crippen LogP contribution in [0.4, 0.5) is 0 Å². The summed E-state index contributed by atoms with van der Waals surface area (Å²) in [4.78, 5) is 2.00. The van der Waals surface area contributed by atoms with E-state index in [-0.39, 0.29) is 0 Å². The first-order chi connectivity index (χ1) is 5.15. The van der Waals surface area contributed by atoms with Crippen LogP contribution < -0.4 is 5.32 Å². The van der Waals surface area contributed by atoms with Crippen LogP contribution in [0.1, 0.15) is 0 Å². The van der Waals surface area contributed by atoms with Crippen molar-refractivity contribution in [2.24, 2.45) is 0 Å².